The first-order valence-electron chi connectivity index (χ1n) is 6.59. The minimum absolute atomic E-state index is 0.590. The molecule has 3 nitrogen and oxygen atoms in total. The molecule has 0 aliphatic heterocycles. The van der Waals surface area contributed by atoms with Crippen molar-refractivity contribution in [2.45, 2.75) is 38.6 Å². The van der Waals surface area contributed by atoms with Crippen LogP contribution in [0.2, 0.25) is 0 Å². The molecule has 0 aromatic heterocycles. The normalized spacial score (nSPS) is 16.8. The molecule has 0 saturated heterocycles. The molecule has 1 aliphatic carbocycles. The maximum Gasteiger partial charge on any atom is 0.324 e. The SMILES string of the molecule is CC(C)CCNC1(C(=O)O)Cc2ccccc2C1. The summed E-state index contributed by atoms with van der Waals surface area (Å²) in [5.74, 6) is -0.144. The predicted octanol–water partition coefficient (Wildman–Crippen LogP) is 2.24. The third-order valence-corrected chi connectivity index (χ3v) is 3.70. The van der Waals surface area contributed by atoms with Crippen LogP contribution in [0.3, 0.4) is 0 Å². The molecule has 0 bridgehead atoms. The second-order valence-corrected chi connectivity index (χ2v) is 5.62. The van der Waals surface area contributed by atoms with Crippen LogP contribution < -0.4 is 5.32 Å². The number of carboxylic acid groups (broad SMARTS) is 1. The summed E-state index contributed by atoms with van der Waals surface area (Å²) in [6, 6.07) is 8.02. The molecule has 2 N–H and O–H groups in total. The Hall–Kier alpha value is -1.35. The van der Waals surface area contributed by atoms with Crippen LogP contribution in [0.4, 0.5) is 0 Å². The third-order valence-electron chi connectivity index (χ3n) is 3.70. The lowest BCUT2D eigenvalue weighted by atomic mass is 9.95. The van der Waals surface area contributed by atoms with Gasteiger partial charge in [0.1, 0.15) is 5.54 Å². The Morgan fingerprint density at radius 3 is 2.33 bits per heavy atom. The Bertz CT molecular complexity index is 415. The fourth-order valence-electron chi connectivity index (χ4n) is 2.57. The number of carbonyl (C=O) groups is 1. The smallest absolute Gasteiger partial charge is 0.324 e. The van der Waals surface area contributed by atoms with Gasteiger partial charge in [-0.15, -0.1) is 0 Å². The predicted molar refractivity (Wildman–Crippen MR) is 71.7 cm³/mol. The Labute approximate surface area is 108 Å². The third kappa shape index (κ3) is 2.56. The van der Waals surface area contributed by atoms with Crippen LogP contribution in [0.5, 0.6) is 0 Å². The molecule has 1 aromatic carbocycles. The van der Waals surface area contributed by atoms with Gasteiger partial charge in [0.05, 0.1) is 0 Å². The lowest BCUT2D eigenvalue weighted by Gasteiger charge is -2.26. The summed E-state index contributed by atoms with van der Waals surface area (Å²) < 4.78 is 0. The highest BCUT2D eigenvalue weighted by molar-refractivity contribution is 5.81. The van der Waals surface area contributed by atoms with E-state index in [9.17, 15) is 9.90 Å². The summed E-state index contributed by atoms with van der Waals surface area (Å²) in [6.07, 6.45) is 2.19. The number of hydrogen-bond donors (Lipinski definition) is 2. The number of benzene rings is 1. The van der Waals surface area contributed by atoms with E-state index in [-0.39, 0.29) is 0 Å². The minimum Gasteiger partial charge on any atom is -0.480 e. The monoisotopic (exact) mass is 247 g/mol. The zero-order valence-electron chi connectivity index (χ0n) is 11.1. The standard InChI is InChI=1S/C15H21NO2/c1-11(2)7-8-16-15(14(17)18)9-12-5-3-4-6-13(12)10-15/h3-6,11,16H,7-10H2,1-2H3,(H,17,18). The van der Waals surface area contributed by atoms with Crippen molar-refractivity contribution in [1.29, 1.82) is 0 Å². The molecule has 1 aliphatic rings. The molecular weight excluding hydrogens is 226 g/mol. The van der Waals surface area contributed by atoms with Crippen LogP contribution in [0.1, 0.15) is 31.4 Å². The summed E-state index contributed by atoms with van der Waals surface area (Å²) in [6.45, 7) is 5.06. The second kappa shape index (κ2) is 5.11. The molecule has 0 unspecified atom stereocenters. The topological polar surface area (TPSA) is 49.3 Å². The molecule has 0 heterocycles. The van der Waals surface area contributed by atoms with Crippen molar-refractivity contribution in [3.8, 4) is 0 Å². The summed E-state index contributed by atoms with van der Waals surface area (Å²) >= 11 is 0. The Morgan fingerprint density at radius 2 is 1.89 bits per heavy atom. The van der Waals surface area contributed by atoms with E-state index in [0.717, 1.165) is 24.1 Å². The number of fused-ring (bicyclic) bond motifs is 1. The van der Waals surface area contributed by atoms with Gasteiger partial charge in [-0.25, -0.2) is 0 Å². The van der Waals surface area contributed by atoms with Crippen LogP contribution in [0.25, 0.3) is 0 Å². The molecule has 0 atom stereocenters. The van der Waals surface area contributed by atoms with Crippen molar-refractivity contribution < 1.29 is 9.90 Å². The molecule has 18 heavy (non-hydrogen) atoms. The Balaban J connectivity index is 2.10. The van der Waals surface area contributed by atoms with Gasteiger partial charge < -0.3 is 10.4 Å². The van der Waals surface area contributed by atoms with Crippen LogP contribution in [-0.2, 0) is 17.6 Å². The van der Waals surface area contributed by atoms with Gasteiger partial charge in [0.15, 0.2) is 0 Å². The highest BCUT2D eigenvalue weighted by Crippen LogP contribution is 2.30. The maximum absolute atomic E-state index is 11.6. The maximum atomic E-state index is 11.6. The van der Waals surface area contributed by atoms with Gasteiger partial charge in [0.2, 0.25) is 0 Å². The van der Waals surface area contributed by atoms with E-state index < -0.39 is 11.5 Å². The number of nitrogens with one attached hydrogen (secondary N) is 1. The van der Waals surface area contributed by atoms with E-state index in [1.807, 2.05) is 24.3 Å². The van der Waals surface area contributed by atoms with E-state index in [0.29, 0.717) is 18.8 Å². The van der Waals surface area contributed by atoms with Crippen LogP contribution >= 0.6 is 0 Å². The first kappa shape index (κ1) is 13.1. The van der Waals surface area contributed by atoms with Gasteiger partial charge >= 0.3 is 5.97 Å². The van der Waals surface area contributed by atoms with Gasteiger partial charge in [-0.3, -0.25) is 4.79 Å². The van der Waals surface area contributed by atoms with E-state index in [2.05, 4.69) is 19.2 Å². The molecular formula is C15H21NO2. The van der Waals surface area contributed by atoms with Crippen LogP contribution in [0, 0.1) is 5.92 Å². The Morgan fingerprint density at radius 1 is 1.33 bits per heavy atom. The van der Waals surface area contributed by atoms with Gasteiger partial charge in [0.25, 0.3) is 0 Å². The Kier molecular flexibility index (Phi) is 3.71. The molecule has 0 amide bonds. The number of hydrogen-bond acceptors (Lipinski definition) is 2. The first-order valence-corrected chi connectivity index (χ1v) is 6.59. The second-order valence-electron chi connectivity index (χ2n) is 5.62. The van der Waals surface area contributed by atoms with Crippen molar-refractivity contribution in [2.24, 2.45) is 5.92 Å². The molecule has 0 fully saturated rings. The van der Waals surface area contributed by atoms with Gasteiger partial charge in [0, 0.05) is 12.8 Å². The van der Waals surface area contributed by atoms with Crippen molar-refractivity contribution in [3.63, 3.8) is 0 Å². The van der Waals surface area contributed by atoms with E-state index in [1.165, 1.54) is 0 Å². The van der Waals surface area contributed by atoms with Crippen LogP contribution in [-0.4, -0.2) is 23.2 Å². The molecule has 98 valence electrons. The van der Waals surface area contributed by atoms with Crippen LogP contribution in [0.15, 0.2) is 24.3 Å². The first-order chi connectivity index (χ1) is 8.53. The molecule has 2 rings (SSSR count). The lowest BCUT2D eigenvalue weighted by Crippen LogP contribution is -2.53. The average Bonchev–Trinajstić information content (AvgIpc) is 2.68. The van der Waals surface area contributed by atoms with E-state index in [4.69, 9.17) is 0 Å². The number of aliphatic carboxylic acids is 1. The molecule has 0 radical (unpaired) electrons. The number of carboxylic acids is 1. The highest BCUT2D eigenvalue weighted by Gasteiger charge is 2.43. The fraction of sp³-hybridized carbons (Fsp3) is 0.533. The van der Waals surface area contributed by atoms with Gasteiger partial charge in [-0.05, 0) is 30.0 Å². The lowest BCUT2D eigenvalue weighted by molar-refractivity contribution is -0.144. The quantitative estimate of drug-likeness (QED) is 0.839. The fourth-order valence-corrected chi connectivity index (χ4v) is 2.57. The zero-order valence-corrected chi connectivity index (χ0v) is 11.1. The summed E-state index contributed by atoms with van der Waals surface area (Å²) in [5.41, 5.74) is 1.53. The van der Waals surface area contributed by atoms with Gasteiger partial charge in [-0.1, -0.05) is 38.1 Å². The minimum atomic E-state index is -0.793. The molecule has 0 saturated carbocycles. The van der Waals surface area contributed by atoms with Crippen molar-refractivity contribution >= 4 is 5.97 Å². The zero-order chi connectivity index (χ0) is 13.2. The molecule has 3 heteroatoms. The summed E-state index contributed by atoms with van der Waals surface area (Å²) in [5, 5.41) is 12.8. The molecule has 1 aromatic rings. The summed E-state index contributed by atoms with van der Waals surface area (Å²) in [7, 11) is 0. The van der Waals surface area contributed by atoms with Gasteiger partial charge in [-0.2, -0.15) is 0 Å². The summed E-state index contributed by atoms with van der Waals surface area (Å²) in [4.78, 5) is 11.6. The van der Waals surface area contributed by atoms with Crippen molar-refractivity contribution in [3.05, 3.63) is 35.4 Å². The molecule has 0 spiro atoms. The van der Waals surface area contributed by atoms with Crippen molar-refractivity contribution in [2.75, 3.05) is 6.54 Å². The average molecular weight is 247 g/mol. The highest BCUT2D eigenvalue weighted by atomic mass is 16.4. The largest absolute Gasteiger partial charge is 0.480 e. The van der Waals surface area contributed by atoms with E-state index >= 15 is 0 Å². The number of rotatable bonds is 5. The van der Waals surface area contributed by atoms with Crippen molar-refractivity contribution in [1.82, 2.24) is 5.32 Å². The van der Waals surface area contributed by atoms with E-state index in [1.54, 1.807) is 0 Å².